The van der Waals surface area contributed by atoms with Gasteiger partial charge >= 0.3 is 0 Å². The van der Waals surface area contributed by atoms with Crippen LogP contribution in [0.25, 0.3) is 0 Å². The summed E-state index contributed by atoms with van der Waals surface area (Å²) in [5, 5.41) is 0. The number of nitrogens with two attached hydrogens (primary N) is 1. The van der Waals surface area contributed by atoms with Crippen molar-refractivity contribution in [2.75, 3.05) is 0 Å². The Bertz CT molecular complexity index is 436. The standard InChI is InChI=1S/C10H8N2O2/c11-10(13)7-1-2-9-8(5-7)6-12-3-4-14-9/h1-6H,(H2,11,13). The van der Waals surface area contributed by atoms with Crippen molar-refractivity contribution in [2.24, 2.45) is 10.7 Å². The summed E-state index contributed by atoms with van der Waals surface area (Å²) in [6, 6.07) is 4.96. The maximum absolute atomic E-state index is 10.9. The fourth-order valence-corrected chi connectivity index (χ4v) is 1.17. The van der Waals surface area contributed by atoms with E-state index in [4.69, 9.17) is 10.5 Å². The van der Waals surface area contributed by atoms with Gasteiger partial charge in [-0.1, -0.05) is 0 Å². The van der Waals surface area contributed by atoms with Crippen LogP contribution < -0.4 is 10.5 Å². The zero-order valence-electron chi connectivity index (χ0n) is 7.31. The van der Waals surface area contributed by atoms with Gasteiger partial charge in [-0.15, -0.1) is 0 Å². The van der Waals surface area contributed by atoms with Gasteiger partial charge in [0.05, 0.1) is 6.20 Å². The zero-order valence-corrected chi connectivity index (χ0v) is 7.31. The molecule has 0 unspecified atom stereocenters. The minimum absolute atomic E-state index is 0.445. The van der Waals surface area contributed by atoms with Crippen LogP contribution in [0.15, 0.2) is 35.7 Å². The Morgan fingerprint density at radius 2 is 2.29 bits per heavy atom. The van der Waals surface area contributed by atoms with E-state index >= 15 is 0 Å². The van der Waals surface area contributed by atoms with E-state index in [1.54, 1.807) is 24.4 Å². The highest BCUT2D eigenvalue weighted by molar-refractivity contribution is 5.96. The van der Waals surface area contributed by atoms with E-state index in [0.717, 1.165) is 5.56 Å². The number of ether oxygens (including phenoxy) is 1. The lowest BCUT2D eigenvalue weighted by molar-refractivity contribution is 0.100. The van der Waals surface area contributed by atoms with Crippen molar-refractivity contribution >= 4 is 12.1 Å². The summed E-state index contributed by atoms with van der Waals surface area (Å²) in [7, 11) is 0. The molecule has 1 aromatic carbocycles. The molecule has 1 heterocycles. The van der Waals surface area contributed by atoms with E-state index in [1.165, 1.54) is 12.5 Å². The van der Waals surface area contributed by atoms with Crippen molar-refractivity contribution in [3.63, 3.8) is 0 Å². The van der Waals surface area contributed by atoms with Gasteiger partial charge in [-0.2, -0.15) is 0 Å². The summed E-state index contributed by atoms with van der Waals surface area (Å²) < 4.78 is 5.23. The van der Waals surface area contributed by atoms with Crippen LogP contribution in [0.4, 0.5) is 0 Å². The monoisotopic (exact) mass is 188 g/mol. The van der Waals surface area contributed by atoms with E-state index in [1.807, 2.05) is 0 Å². The minimum atomic E-state index is -0.460. The van der Waals surface area contributed by atoms with Crippen LogP contribution in [-0.2, 0) is 0 Å². The Labute approximate surface area is 80.7 Å². The van der Waals surface area contributed by atoms with Crippen molar-refractivity contribution in [1.82, 2.24) is 0 Å². The first-order valence-corrected chi connectivity index (χ1v) is 4.06. The quantitative estimate of drug-likeness (QED) is 0.716. The molecule has 0 aromatic heterocycles. The van der Waals surface area contributed by atoms with Crippen LogP contribution in [0, 0.1) is 0 Å². The van der Waals surface area contributed by atoms with E-state index in [-0.39, 0.29) is 0 Å². The van der Waals surface area contributed by atoms with Gasteiger partial charge in [0, 0.05) is 17.3 Å². The number of aliphatic imine (C=N–C) groups is 1. The van der Waals surface area contributed by atoms with Crippen LogP contribution in [0.5, 0.6) is 5.75 Å². The van der Waals surface area contributed by atoms with Gasteiger partial charge in [0.2, 0.25) is 5.91 Å². The number of amides is 1. The second-order valence-electron chi connectivity index (χ2n) is 2.80. The normalized spacial score (nSPS) is 12.9. The van der Waals surface area contributed by atoms with E-state index in [0.29, 0.717) is 11.3 Å². The molecular formula is C10H8N2O2. The Balaban J connectivity index is 2.49. The Hall–Kier alpha value is -2.10. The van der Waals surface area contributed by atoms with Crippen molar-refractivity contribution in [1.29, 1.82) is 0 Å². The molecule has 1 aromatic rings. The summed E-state index contributed by atoms with van der Waals surface area (Å²) in [6.45, 7) is 0. The molecule has 1 aliphatic rings. The number of hydrogen-bond acceptors (Lipinski definition) is 3. The second kappa shape index (κ2) is 3.33. The molecule has 2 N–H and O–H groups in total. The number of carbonyl (C=O) groups is 1. The number of carbonyl (C=O) groups excluding carboxylic acids is 1. The number of fused-ring (bicyclic) bond motifs is 1. The molecule has 4 heteroatoms. The van der Waals surface area contributed by atoms with Crippen LogP contribution in [-0.4, -0.2) is 12.1 Å². The van der Waals surface area contributed by atoms with Gasteiger partial charge in [0.15, 0.2) is 0 Å². The third kappa shape index (κ3) is 1.50. The predicted octanol–water partition coefficient (Wildman–Crippen LogP) is 1.07. The average Bonchev–Trinajstić information content (AvgIpc) is 2.41. The molecule has 0 aliphatic carbocycles. The van der Waals surface area contributed by atoms with Crippen LogP contribution in [0.1, 0.15) is 15.9 Å². The molecule has 0 bridgehead atoms. The highest BCUT2D eigenvalue weighted by atomic mass is 16.5. The molecule has 0 atom stereocenters. The maximum Gasteiger partial charge on any atom is 0.248 e. The van der Waals surface area contributed by atoms with E-state index < -0.39 is 5.91 Å². The fraction of sp³-hybridized carbons (Fsp3) is 0. The van der Waals surface area contributed by atoms with Crippen LogP contribution in [0.3, 0.4) is 0 Å². The molecule has 0 saturated heterocycles. The van der Waals surface area contributed by atoms with Crippen molar-refractivity contribution in [2.45, 2.75) is 0 Å². The molecule has 0 saturated carbocycles. The Kier molecular flexibility index (Phi) is 2.02. The molecule has 14 heavy (non-hydrogen) atoms. The van der Waals surface area contributed by atoms with Gasteiger partial charge in [-0.05, 0) is 18.2 Å². The molecule has 1 aliphatic heterocycles. The number of hydrogen-bond donors (Lipinski definition) is 1. The highest BCUT2D eigenvalue weighted by Crippen LogP contribution is 2.20. The average molecular weight is 188 g/mol. The topological polar surface area (TPSA) is 64.7 Å². The minimum Gasteiger partial charge on any atom is -0.463 e. The molecule has 2 rings (SSSR count). The van der Waals surface area contributed by atoms with Gasteiger partial charge in [-0.3, -0.25) is 9.79 Å². The summed E-state index contributed by atoms with van der Waals surface area (Å²) >= 11 is 0. The van der Waals surface area contributed by atoms with E-state index in [9.17, 15) is 4.79 Å². The zero-order chi connectivity index (χ0) is 9.97. The van der Waals surface area contributed by atoms with Crippen molar-refractivity contribution < 1.29 is 9.53 Å². The smallest absolute Gasteiger partial charge is 0.248 e. The Morgan fingerprint density at radius 1 is 1.43 bits per heavy atom. The molecule has 0 fully saturated rings. The van der Waals surface area contributed by atoms with E-state index in [2.05, 4.69) is 4.99 Å². The molecule has 4 nitrogen and oxygen atoms in total. The van der Waals surface area contributed by atoms with Gasteiger partial charge in [0.1, 0.15) is 12.0 Å². The molecule has 0 spiro atoms. The maximum atomic E-state index is 10.9. The van der Waals surface area contributed by atoms with Gasteiger partial charge in [-0.25, -0.2) is 0 Å². The first-order chi connectivity index (χ1) is 6.77. The Morgan fingerprint density at radius 3 is 3.07 bits per heavy atom. The summed E-state index contributed by atoms with van der Waals surface area (Å²) in [5.74, 6) is 0.200. The van der Waals surface area contributed by atoms with Crippen LogP contribution >= 0.6 is 0 Å². The SMILES string of the molecule is NC(=O)c1ccc2c(c1)C=NC=CO2. The molecule has 1 amide bonds. The molecule has 0 radical (unpaired) electrons. The van der Waals surface area contributed by atoms with Crippen molar-refractivity contribution in [3.05, 3.63) is 41.8 Å². The number of nitrogens with zero attached hydrogens (tertiary/aromatic N) is 1. The first-order valence-electron chi connectivity index (χ1n) is 4.06. The van der Waals surface area contributed by atoms with Crippen LogP contribution in [0.2, 0.25) is 0 Å². The second-order valence-corrected chi connectivity index (χ2v) is 2.80. The summed E-state index contributed by atoms with van der Waals surface area (Å²) in [4.78, 5) is 14.8. The predicted molar refractivity (Wildman–Crippen MR) is 52.3 cm³/mol. The molecule has 70 valence electrons. The third-order valence-electron chi connectivity index (χ3n) is 1.85. The lowest BCUT2D eigenvalue weighted by Gasteiger charge is -2.03. The fourth-order valence-electron chi connectivity index (χ4n) is 1.17. The largest absolute Gasteiger partial charge is 0.463 e. The summed E-state index contributed by atoms with van der Waals surface area (Å²) in [5.41, 5.74) is 6.33. The summed E-state index contributed by atoms with van der Waals surface area (Å²) in [6.07, 6.45) is 4.63. The van der Waals surface area contributed by atoms with Gasteiger partial charge < -0.3 is 10.5 Å². The lowest BCUT2D eigenvalue weighted by Crippen LogP contribution is -2.11. The third-order valence-corrected chi connectivity index (χ3v) is 1.85. The number of primary amides is 1. The first kappa shape index (κ1) is 8.50. The number of rotatable bonds is 1. The van der Waals surface area contributed by atoms with Crippen molar-refractivity contribution in [3.8, 4) is 5.75 Å². The number of benzene rings is 1. The lowest BCUT2D eigenvalue weighted by atomic mass is 10.1. The highest BCUT2D eigenvalue weighted by Gasteiger charge is 2.07. The van der Waals surface area contributed by atoms with Gasteiger partial charge in [0.25, 0.3) is 0 Å². The molecular weight excluding hydrogens is 180 g/mol.